The number of fused-ring (bicyclic) bond motifs is 1. The quantitative estimate of drug-likeness (QED) is 0.661. The number of ether oxygens (including phenoxy) is 1. The Morgan fingerprint density at radius 1 is 1.00 bits per heavy atom. The van der Waals surface area contributed by atoms with Crippen molar-refractivity contribution in [2.24, 2.45) is 0 Å². The Labute approximate surface area is 171 Å². The van der Waals surface area contributed by atoms with Gasteiger partial charge in [0.25, 0.3) is 0 Å². The van der Waals surface area contributed by atoms with Crippen molar-refractivity contribution in [3.8, 4) is 5.75 Å². The number of carbonyl (C=O) groups excluding carboxylic acids is 2. The number of nitrogens with zero attached hydrogens (tertiary/aromatic N) is 1. The van der Waals surface area contributed by atoms with Crippen LogP contribution in [-0.2, 0) is 16.1 Å². The van der Waals surface area contributed by atoms with Gasteiger partial charge in [-0.15, -0.1) is 0 Å². The molecule has 0 fully saturated rings. The van der Waals surface area contributed by atoms with E-state index in [4.69, 9.17) is 4.74 Å². The van der Waals surface area contributed by atoms with Gasteiger partial charge in [-0.1, -0.05) is 54.6 Å². The van der Waals surface area contributed by atoms with E-state index in [1.807, 2.05) is 48.5 Å². The van der Waals surface area contributed by atoms with Gasteiger partial charge in [0, 0.05) is 20.5 Å². The van der Waals surface area contributed by atoms with Crippen LogP contribution in [-0.4, -0.2) is 30.9 Å². The Bertz CT molecular complexity index is 993. The number of benzene rings is 3. The van der Waals surface area contributed by atoms with Gasteiger partial charge in [-0.3, -0.25) is 9.59 Å². The number of nitrogens with one attached hydrogen (secondary N) is 1. The van der Waals surface area contributed by atoms with Crippen LogP contribution in [0.5, 0.6) is 5.75 Å². The summed E-state index contributed by atoms with van der Waals surface area (Å²) >= 11 is 0. The largest absolute Gasteiger partial charge is 0.497 e. The number of carbonyl (C=O) groups is 2. The summed E-state index contributed by atoms with van der Waals surface area (Å²) < 4.78 is 5.19. The van der Waals surface area contributed by atoms with Gasteiger partial charge in [-0.2, -0.15) is 0 Å². The zero-order valence-corrected chi connectivity index (χ0v) is 17.0. The molecule has 0 saturated carbocycles. The summed E-state index contributed by atoms with van der Waals surface area (Å²) in [5.74, 6) is 0.526. The summed E-state index contributed by atoms with van der Waals surface area (Å²) in [7, 11) is 3.40. The van der Waals surface area contributed by atoms with Gasteiger partial charge < -0.3 is 15.0 Å². The van der Waals surface area contributed by atoms with E-state index in [1.54, 1.807) is 19.1 Å². The molecule has 0 aromatic heterocycles. The van der Waals surface area contributed by atoms with E-state index in [0.717, 1.165) is 27.6 Å². The van der Waals surface area contributed by atoms with Gasteiger partial charge in [-0.05, 0) is 34.0 Å². The Balaban J connectivity index is 1.74. The second-order valence-electron chi connectivity index (χ2n) is 7.12. The summed E-state index contributed by atoms with van der Waals surface area (Å²) in [5.41, 5.74) is 1.97. The average Bonchev–Trinajstić information content (AvgIpc) is 2.73. The summed E-state index contributed by atoms with van der Waals surface area (Å²) in [5, 5.41) is 5.18. The van der Waals surface area contributed by atoms with Crippen LogP contribution in [0.1, 0.15) is 30.5 Å². The van der Waals surface area contributed by atoms with E-state index in [-0.39, 0.29) is 24.3 Å². The fraction of sp³-hybridized carbons (Fsp3) is 0.250. The first-order valence-electron chi connectivity index (χ1n) is 9.59. The predicted molar refractivity (Wildman–Crippen MR) is 115 cm³/mol. The highest BCUT2D eigenvalue weighted by atomic mass is 16.5. The fourth-order valence-electron chi connectivity index (χ4n) is 3.44. The molecule has 5 nitrogen and oxygen atoms in total. The topological polar surface area (TPSA) is 58.6 Å². The van der Waals surface area contributed by atoms with Crippen LogP contribution in [0.25, 0.3) is 10.8 Å². The summed E-state index contributed by atoms with van der Waals surface area (Å²) in [4.78, 5) is 26.3. The summed E-state index contributed by atoms with van der Waals surface area (Å²) in [6.07, 6.45) is 0.188. The zero-order valence-electron chi connectivity index (χ0n) is 17.0. The lowest BCUT2D eigenvalue weighted by molar-refractivity contribution is -0.131. The molecule has 0 aliphatic heterocycles. The minimum atomic E-state index is -0.388. The van der Waals surface area contributed by atoms with Crippen molar-refractivity contribution in [1.82, 2.24) is 10.2 Å². The normalized spacial score (nSPS) is 11.7. The number of hydrogen-bond donors (Lipinski definition) is 1. The van der Waals surface area contributed by atoms with Gasteiger partial charge in [0.05, 0.1) is 19.6 Å². The Hall–Kier alpha value is -3.34. The van der Waals surface area contributed by atoms with Gasteiger partial charge in [0.1, 0.15) is 5.75 Å². The molecule has 0 spiro atoms. The molecule has 2 amide bonds. The zero-order chi connectivity index (χ0) is 20.8. The third-order valence-electron chi connectivity index (χ3n) is 4.99. The van der Waals surface area contributed by atoms with Crippen LogP contribution in [0.3, 0.4) is 0 Å². The van der Waals surface area contributed by atoms with Gasteiger partial charge in [-0.25, -0.2) is 0 Å². The summed E-state index contributed by atoms with van der Waals surface area (Å²) in [6, 6.07) is 21.3. The second kappa shape index (κ2) is 9.24. The van der Waals surface area contributed by atoms with Crippen molar-refractivity contribution in [3.63, 3.8) is 0 Å². The molecule has 0 saturated heterocycles. The minimum Gasteiger partial charge on any atom is -0.497 e. The van der Waals surface area contributed by atoms with Crippen molar-refractivity contribution in [2.75, 3.05) is 14.2 Å². The molecular formula is C24H26N2O3. The third-order valence-corrected chi connectivity index (χ3v) is 4.99. The molecule has 0 aliphatic rings. The van der Waals surface area contributed by atoms with E-state index in [1.165, 1.54) is 6.92 Å². The van der Waals surface area contributed by atoms with Gasteiger partial charge in [0.15, 0.2) is 0 Å². The minimum absolute atomic E-state index is 0.0347. The SMILES string of the molecule is COc1ccc(C(CC(=O)N(C)Cc2cccc3ccccc23)NC(C)=O)cc1. The number of methoxy groups -OCH3 is 1. The highest BCUT2D eigenvalue weighted by molar-refractivity contribution is 5.86. The maximum absolute atomic E-state index is 12.9. The van der Waals surface area contributed by atoms with Gasteiger partial charge >= 0.3 is 0 Å². The van der Waals surface area contributed by atoms with Crippen LogP contribution in [0.2, 0.25) is 0 Å². The van der Waals surface area contributed by atoms with Crippen LogP contribution < -0.4 is 10.1 Å². The molecule has 150 valence electrons. The van der Waals surface area contributed by atoms with Crippen molar-refractivity contribution >= 4 is 22.6 Å². The van der Waals surface area contributed by atoms with E-state index in [9.17, 15) is 9.59 Å². The van der Waals surface area contributed by atoms with E-state index in [2.05, 4.69) is 23.5 Å². The van der Waals surface area contributed by atoms with Gasteiger partial charge in [0.2, 0.25) is 11.8 Å². The monoisotopic (exact) mass is 390 g/mol. The second-order valence-corrected chi connectivity index (χ2v) is 7.12. The van der Waals surface area contributed by atoms with E-state index >= 15 is 0 Å². The molecule has 3 aromatic rings. The average molecular weight is 390 g/mol. The number of amides is 2. The van der Waals surface area contributed by atoms with Crippen LogP contribution in [0.15, 0.2) is 66.7 Å². The number of hydrogen-bond acceptors (Lipinski definition) is 3. The maximum Gasteiger partial charge on any atom is 0.225 e. The van der Waals surface area contributed by atoms with Crippen molar-refractivity contribution in [3.05, 3.63) is 77.9 Å². The Morgan fingerprint density at radius 3 is 2.38 bits per heavy atom. The maximum atomic E-state index is 12.9. The lowest BCUT2D eigenvalue weighted by Gasteiger charge is -2.23. The molecule has 3 aromatic carbocycles. The standard InChI is InChI=1S/C24H26N2O3/c1-17(27)25-23(19-11-13-21(29-3)14-12-19)15-24(28)26(2)16-20-9-6-8-18-7-4-5-10-22(18)20/h4-14,23H,15-16H2,1-3H3,(H,25,27). The Morgan fingerprint density at radius 2 is 1.69 bits per heavy atom. The molecule has 1 unspecified atom stereocenters. The number of rotatable bonds is 7. The first-order chi connectivity index (χ1) is 14.0. The molecule has 0 aliphatic carbocycles. The molecule has 1 N–H and O–H groups in total. The Kier molecular flexibility index (Phi) is 6.50. The summed E-state index contributed by atoms with van der Waals surface area (Å²) in [6.45, 7) is 1.97. The molecule has 0 bridgehead atoms. The van der Waals surface area contributed by atoms with E-state index < -0.39 is 0 Å². The molecule has 3 rings (SSSR count). The lowest BCUT2D eigenvalue weighted by Crippen LogP contribution is -2.33. The molecule has 0 radical (unpaired) electrons. The smallest absolute Gasteiger partial charge is 0.225 e. The van der Waals surface area contributed by atoms with Crippen LogP contribution in [0.4, 0.5) is 0 Å². The van der Waals surface area contributed by atoms with E-state index in [0.29, 0.717) is 6.54 Å². The molecule has 29 heavy (non-hydrogen) atoms. The first kappa shape index (κ1) is 20.4. The first-order valence-corrected chi connectivity index (χ1v) is 9.59. The third kappa shape index (κ3) is 5.13. The highest BCUT2D eigenvalue weighted by Crippen LogP contribution is 2.23. The van der Waals surface area contributed by atoms with Crippen molar-refractivity contribution < 1.29 is 14.3 Å². The van der Waals surface area contributed by atoms with Crippen LogP contribution in [0, 0.1) is 0 Å². The fourth-order valence-corrected chi connectivity index (χ4v) is 3.44. The molecule has 1 atom stereocenters. The van der Waals surface area contributed by atoms with Crippen molar-refractivity contribution in [2.45, 2.75) is 25.9 Å². The highest BCUT2D eigenvalue weighted by Gasteiger charge is 2.20. The van der Waals surface area contributed by atoms with Crippen LogP contribution >= 0.6 is 0 Å². The lowest BCUT2D eigenvalue weighted by atomic mass is 10.0. The molecule has 5 heteroatoms. The molecular weight excluding hydrogens is 364 g/mol. The molecule has 0 heterocycles. The predicted octanol–water partition coefficient (Wildman–Crippen LogP) is 4.07. The van der Waals surface area contributed by atoms with Crippen molar-refractivity contribution in [1.29, 1.82) is 0 Å².